The van der Waals surface area contributed by atoms with E-state index in [2.05, 4.69) is 47.4 Å². The minimum atomic E-state index is -2.36. The van der Waals surface area contributed by atoms with E-state index < -0.39 is 165 Å². The number of amides is 8. The minimum Gasteiger partial charge on any atom is -0.508 e. The van der Waals surface area contributed by atoms with Gasteiger partial charge in [0, 0.05) is 32.4 Å². The molecule has 0 aliphatic carbocycles. The molecule has 0 bridgehead atoms. The molecule has 1 aromatic carbocycles. The first-order valence-corrected chi connectivity index (χ1v) is 26.0. The van der Waals surface area contributed by atoms with Crippen molar-refractivity contribution in [1.82, 2.24) is 36.4 Å². The summed E-state index contributed by atoms with van der Waals surface area (Å²) in [4.78, 5) is 112. The third kappa shape index (κ3) is 17.8. The Morgan fingerprint density at radius 2 is 1.32 bits per heavy atom. The molecule has 0 radical (unpaired) electrons. The molecule has 75 heavy (non-hydrogen) atoms. The Morgan fingerprint density at radius 3 is 1.95 bits per heavy atom. The van der Waals surface area contributed by atoms with Gasteiger partial charge in [0.2, 0.25) is 47.3 Å². The number of carbonyl (C=O) groups is 8. The molecule has 422 valence electrons. The van der Waals surface area contributed by atoms with Gasteiger partial charge in [-0.15, -0.1) is 0 Å². The largest absolute Gasteiger partial charge is 0.508 e. The third-order valence-corrected chi connectivity index (χ3v) is 14.3. The second-order valence-electron chi connectivity index (χ2n) is 20.6. The number of nitrogens with two attached hydrogens (primary N) is 1. The Morgan fingerprint density at radius 1 is 0.720 bits per heavy atom. The average Bonchev–Trinajstić information content (AvgIpc) is 3.95. The predicted molar refractivity (Wildman–Crippen MR) is 265 cm³/mol. The van der Waals surface area contributed by atoms with E-state index in [4.69, 9.17) is 5.73 Å². The van der Waals surface area contributed by atoms with E-state index in [1.54, 1.807) is 0 Å². The summed E-state index contributed by atoms with van der Waals surface area (Å²) in [6.45, 7) is 6.76. The molecule has 3 saturated heterocycles. The molecular weight excluding hydrogens is 985 g/mol. The molecule has 4 rings (SSSR count). The fraction of sp³-hybridized carbons (Fsp3) is 0.720. The number of hydrogen-bond acceptors (Lipinski definition) is 17. The highest BCUT2D eigenvalue weighted by atomic mass is 16.3. The zero-order chi connectivity index (χ0) is 55.8. The van der Waals surface area contributed by atoms with E-state index >= 15 is 0 Å². The lowest BCUT2D eigenvalue weighted by Gasteiger charge is -2.34. The lowest BCUT2D eigenvalue weighted by atomic mass is 9.91. The lowest BCUT2D eigenvalue weighted by molar-refractivity contribution is -0.149. The van der Waals surface area contributed by atoms with E-state index in [0.717, 1.165) is 74.6 Å². The van der Waals surface area contributed by atoms with Gasteiger partial charge >= 0.3 is 0 Å². The van der Waals surface area contributed by atoms with Gasteiger partial charge < -0.3 is 88.1 Å². The first-order chi connectivity index (χ1) is 35.3. The van der Waals surface area contributed by atoms with Crippen LogP contribution in [0.5, 0.6) is 5.75 Å². The molecule has 16 N–H and O–H groups in total. The molecule has 25 nitrogen and oxygen atoms in total. The highest BCUT2D eigenvalue weighted by Crippen LogP contribution is 2.27. The van der Waals surface area contributed by atoms with Gasteiger partial charge in [0.15, 0.2) is 6.23 Å². The number of phenolic OH excluding ortho intramolecular Hbond substituents is 1. The monoisotopic (exact) mass is 1060 g/mol. The summed E-state index contributed by atoms with van der Waals surface area (Å²) in [5.74, 6) is -8.59. The lowest BCUT2D eigenvalue weighted by Crippen LogP contribution is -2.64. The predicted octanol–water partition coefficient (Wildman–Crippen LogP) is -3.34. The normalized spacial score (nSPS) is 29.0. The van der Waals surface area contributed by atoms with Crippen LogP contribution in [0.25, 0.3) is 0 Å². The highest BCUT2D eigenvalue weighted by molar-refractivity contribution is 5.98. The highest BCUT2D eigenvalue weighted by Gasteiger charge is 2.49. The summed E-state index contributed by atoms with van der Waals surface area (Å²) in [6.07, 6.45) is -10.2. The van der Waals surface area contributed by atoms with Crippen LogP contribution < -0.4 is 32.3 Å². The molecule has 3 aliphatic rings. The van der Waals surface area contributed by atoms with Gasteiger partial charge in [-0.3, -0.25) is 38.4 Å². The Balaban J connectivity index is 1.69. The Hall–Kier alpha value is -5.54. The summed E-state index contributed by atoms with van der Waals surface area (Å²) in [6, 6.07) is -7.37. The number of aliphatic hydroxyl groups is 8. The van der Waals surface area contributed by atoms with E-state index in [1.165, 1.54) is 6.42 Å². The average molecular weight is 1070 g/mol. The first-order valence-electron chi connectivity index (χ1n) is 26.0. The van der Waals surface area contributed by atoms with Gasteiger partial charge in [0.1, 0.15) is 60.3 Å². The van der Waals surface area contributed by atoms with E-state index in [-0.39, 0.29) is 24.2 Å². The van der Waals surface area contributed by atoms with Crippen LogP contribution >= 0.6 is 0 Å². The number of phenols is 1. The van der Waals surface area contributed by atoms with Gasteiger partial charge in [-0.1, -0.05) is 77.8 Å². The topological polar surface area (TPSA) is 411 Å². The van der Waals surface area contributed by atoms with Crippen molar-refractivity contribution in [2.75, 3.05) is 13.1 Å². The molecule has 3 heterocycles. The van der Waals surface area contributed by atoms with Crippen molar-refractivity contribution < 1.29 is 84.3 Å². The molecule has 0 spiro atoms. The van der Waals surface area contributed by atoms with Crippen molar-refractivity contribution in [2.45, 2.75) is 203 Å². The first kappa shape index (κ1) is 62.0. The molecule has 16 atom stereocenters. The van der Waals surface area contributed by atoms with Crippen molar-refractivity contribution in [3.8, 4) is 5.75 Å². The molecule has 25 heteroatoms. The molecule has 0 saturated carbocycles. The third-order valence-electron chi connectivity index (χ3n) is 14.3. The zero-order valence-corrected chi connectivity index (χ0v) is 43.1. The summed E-state index contributed by atoms with van der Waals surface area (Å²) in [5.41, 5.74) is 5.21. The van der Waals surface area contributed by atoms with Gasteiger partial charge in [-0.25, -0.2) is 0 Å². The maximum absolute atomic E-state index is 14.4. The second-order valence-corrected chi connectivity index (χ2v) is 20.6. The number of nitrogens with one attached hydrogen (secondary N) is 5. The summed E-state index contributed by atoms with van der Waals surface area (Å²) >= 11 is 0. The van der Waals surface area contributed by atoms with Crippen molar-refractivity contribution in [3.63, 3.8) is 0 Å². The number of aliphatic hydroxyl groups excluding tert-OH is 8. The van der Waals surface area contributed by atoms with E-state index in [0.29, 0.717) is 29.6 Å². The fourth-order valence-electron chi connectivity index (χ4n) is 9.79. The number of fused-ring (bicyclic) bond motifs is 2. The Bertz CT molecular complexity index is 2100. The molecule has 3 fully saturated rings. The molecule has 11 unspecified atom stereocenters. The Labute approximate surface area is 436 Å². The number of aromatic hydroxyl groups is 1. The quantitative estimate of drug-likeness (QED) is 0.0568. The van der Waals surface area contributed by atoms with Gasteiger partial charge in [-0.2, -0.15) is 0 Å². The maximum Gasteiger partial charge on any atom is 0.248 e. The molecule has 0 aromatic heterocycles. The smallest absolute Gasteiger partial charge is 0.248 e. The van der Waals surface area contributed by atoms with Crippen LogP contribution in [0.1, 0.15) is 129 Å². The number of nitrogens with zero attached hydrogens (tertiary/aromatic N) is 2. The fourth-order valence-corrected chi connectivity index (χ4v) is 9.79. The number of rotatable bonds is 20. The number of primary amides is 1. The number of unbranched alkanes of at least 4 members (excludes halogenated alkanes) is 5. The van der Waals surface area contributed by atoms with Crippen molar-refractivity contribution in [2.24, 2.45) is 17.6 Å². The number of benzene rings is 1. The van der Waals surface area contributed by atoms with Crippen molar-refractivity contribution in [1.29, 1.82) is 0 Å². The second kappa shape index (κ2) is 29.1. The van der Waals surface area contributed by atoms with Crippen LogP contribution in [0.3, 0.4) is 0 Å². The van der Waals surface area contributed by atoms with Gasteiger partial charge in [0.25, 0.3) is 0 Å². The minimum absolute atomic E-state index is 0.0795. The zero-order valence-electron chi connectivity index (χ0n) is 43.1. The van der Waals surface area contributed by atoms with E-state index in [1.807, 2.05) is 0 Å². The summed E-state index contributed by atoms with van der Waals surface area (Å²) in [7, 11) is 0. The molecule has 1 aromatic rings. The summed E-state index contributed by atoms with van der Waals surface area (Å²) < 4.78 is 0. The van der Waals surface area contributed by atoms with Crippen LogP contribution in [-0.4, -0.2) is 195 Å². The molecular formula is C50H80N8O17. The molecule has 8 amide bonds. The van der Waals surface area contributed by atoms with E-state index in [9.17, 15) is 84.3 Å². The van der Waals surface area contributed by atoms with Crippen LogP contribution in [-0.2, 0) is 38.4 Å². The van der Waals surface area contributed by atoms with Crippen LogP contribution in [0.4, 0.5) is 0 Å². The van der Waals surface area contributed by atoms with Crippen LogP contribution in [0.15, 0.2) is 24.3 Å². The Kier molecular flexibility index (Phi) is 24.1. The van der Waals surface area contributed by atoms with Gasteiger partial charge in [-0.05, 0) is 55.7 Å². The molecule has 3 aliphatic heterocycles. The maximum atomic E-state index is 14.4. The van der Waals surface area contributed by atoms with Crippen molar-refractivity contribution in [3.05, 3.63) is 29.8 Å². The number of carbonyl (C=O) groups excluding carboxylic acids is 8. The standard InChI is InChI=1S/C50H80N8O17/c1-5-25(2)20-26(3)12-10-8-6-7-9-11-13-37(66)52-31-22-35(64)46(71)56-48(73)41-33(62)18-19-57(41)50(75)39(34(63)23-36(51)65)54-47(72)40(43(68)42(67)28-14-16-29(60)17-15-28)55-45(70)32-21-30(61)24-58(32)49(74)38(27(4)59)53-44(31)69/h14-17,25-27,30-35,38-43,46,59-64,67-68,71H,5-13,18-24H2,1-4H3,(H2,51,65)(H,52,66)(H,53,69)(H,54,72)(H,55,70)(H,56,73)/t25?,26?,27?,30-,31?,32+,33?,34+,35?,38+,39?,40?,41?,42?,43?,46-/m1/s1. The SMILES string of the molecule is CCC(C)CC(C)CCCCCCCCC(=O)NC1CC(O)[C@@H](O)NC(=O)C2C(O)CCN2C(=O)C([C@@H](O)CC(N)=O)NC(=O)C(C(O)C(O)c2ccc(O)cc2)NC(=O)[C@@H]2C[C@@H](O)CN2C(=O)[C@H](C(C)O)NC1=O. The van der Waals surface area contributed by atoms with Crippen LogP contribution in [0, 0.1) is 11.8 Å². The summed E-state index contributed by atoms with van der Waals surface area (Å²) in [5, 5.41) is 110. The van der Waals surface area contributed by atoms with Gasteiger partial charge in [0.05, 0.1) is 30.8 Å². The van der Waals surface area contributed by atoms with Crippen LogP contribution in [0.2, 0.25) is 0 Å². The number of hydrogen-bond donors (Lipinski definition) is 15. The van der Waals surface area contributed by atoms with Crippen molar-refractivity contribution >= 4 is 47.3 Å².